The number of imidazole rings is 1. The highest BCUT2D eigenvalue weighted by Crippen LogP contribution is 2.44. The smallest absolute Gasteiger partial charge is 0.233 e. The molecule has 2 heterocycles. The zero-order valence-electron chi connectivity index (χ0n) is 13.1. The van der Waals surface area contributed by atoms with E-state index in [1.807, 2.05) is 0 Å². The summed E-state index contributed by atoms with van der Waals surface area (Å²) in [6.45, 7) is 0.464. The average Bonchev–Trinajstić information content (AvgIpc) is 3.13. The molecule has 1 aliphatic heterocycles. The number of amides is 1. The van der Waals surface area contributed by atoms with Crippen LogP contribution in [0.4, 0.5) is 15.8 Å². The lowest BCUT2D eigenvalue weighted by Crippen LogP contribution is -2.32. The van der Waals surface area contributed by atoms with Gasteiger partial charge in [0.05, 0.1) is 6.33 Å². The van der Waals surface area contributed by atoms with Crippen molar-refractivity contribution in [2.45, 2.75) is 22.8 Å². The van der Waals surface area contributed by atoms with Gasteiger partial charge in [-0.05, 0) is 24.3 Å². The normalized spacial score (nSPS) is 15.6. The number of aromatic nitrogens is 2. The molecule has 7 heteroatoms. The van der Waals surface area contributed by atoms with Gasteiger partial charge in [0, 0.05) is 42.6 Å². The van der Waals surface area contributed by atoms with Gasteiger partial charge in [-0.3, -0.25) is 9.69 Å². The van der Waals surface area contributed by atoms with E-state index in [1.165, 1.54) is 23.1 Å². The molecule has 3 aromatic rings. The molecule has 1 unspecified atom stereocenters. The molecule has 0 bridgehead atoms. The van der Waals surface area contributed by atoms with E-state index in [0.717, 1.165) is 0 Å². The van der Waals surface area contributed by atoms with Crippen LogP contribution in [0.2, 0.25) is 0 Å². The third kappa shape index (κ3) is 2.81. The van der Waals surface area contributed by atoms with Crippen molar-refractivity contribution in [3.63, 3.8) is 0 Å². The van der Waals surface area contributed by atoms with E-state index >= 15 is 0 Å². The summed E-state index contributed by atoms with van der Waals surface area (Å²) in [6, 6.07) is 11.0. The molecule has 0 N–H and O–H groups in total. The number of rotatable bonds is 3. The third-order valence-corrected chi connectivity index (χ3v) is 5.55. The standard InChI is InChI=1S/C18H14FN3O2S/c19-13-5-6-17-15(11-13)22(14-3-1-2-4-16(14)25(17)24)18(23)7-9-21-10-8-20-12-21/h1-6,8,10-12H,7,9H2. The van der Waals surface area contributed by atoms with Gasteiger partial charge in [0.25, 0.3) is 0 Å². The van der Waals surface area contributed by atoms with Crippen LogP contribution in [0.15, 0.2) is 71.0 Å². The van der Waals surface area contributed by atoms with Crippen LogP contribution in [0.3, 0.4) is 0 Å². The third-order valence-electron chi connectivity index (χ3n) is 4.06. The fourth-order valence-corrected chi connectivity index (χ4v) is 4.21. The van der Waals surface area contributed by atoms with Crippen molar-refractivity contribution in [3.05, 3.63) is 67.0 Å². The Morgan fingerprint density at radius 3 is 2.76 bits per heavy atom. The number of hydrogen-bond acceptors (Lipinski definition) is 3. The second-order valence-electron chi connectivity index (χ2n) is 5.63. The molecule has 2 aromatic carbocycles. The lowest BCUT2D eigenvalue weighted by atomic mass is 10.2. The molecule has 0 fully saturated rings. The molecule has 25 heavy (non-hydrogen) atoms. The van der Waals surface area contributed by atoms with Crippen molar-refractivity contribution < 1.29 is 13.7 Å². The van der Waals surface area contributed by atoms with Gasteiger partial charge in [-0.2, -0.15) is 0 Å². The average molecular weight is 355 g/mol. The van der Waals surface area contributed by atoms with E-state index in [4.69, 9.17) is 0 Å². The summed E-state index contributed by atoms with van der Waals surface area (Å²) in [5.41, 5.74) is 0.877. The number of hydrogen-bond donors (Lipinski definition) is 0. The molecule has 1 aliphatic rings. The maximum Gasteiger partial charge on any atom is 0.233 e. The van der Waals surface area contributed by atoms with E-state index < -0.39 is 17.0 Å². The molecule has 1 atom stereocenters. The van der Waals surface area contributed by atoms with Gasteiger partial charge < -0.3 is 9.12 Å². The molecule has 126 valence electrons. The van der Waals surface area contributed by atoms with Gasteiger partial charge in [-0.15, -0.1) is 0 Å². The van der Waals surface area contributed by atoms with Crippen LogP contribution < -0.4 is 4.90 Å². The van der Waals surface area contributed by atoms with Gasteiger partial charge in [0.15, 0.2) is 9.79 Å². The van der Waals surface area contributed by atoms with Gasteiger partial charge >= 0.3 is 0 Å². The van der Waals surface area contributed by atoms with Crippen molar-refractivity contribution in [2.75, 3.05) is 4.90 Å². The van der Waals surface area contributed by atoms with Gasteiger partial charge in [0.2, 0.25) is 5.91 Å². The maximum atomic E-state index is 13.8. The quantitative estimate of drug-likeness (QED) is 0.678. The minimum atomic E-state index is -1.44. The van der Waals surface area contributed by atoms with Crippen molar-refractivity contribution in [3.8, 4) is 0 Å². The summed E-state index contributed by atoms with van der Waals surface area (Å²) < 4.78 is 28.4. The summed E-state index contributed by atoms with van der Waals surface area (Å²) in [4.78, 5) is 19.3. The number of para-hydroxylation sites is 1. The van der Waals surface area contributed by atoms with E-state index in [9.17, 15) is 13.7 Å². The number of fused-ring (bicyclic) bond motifs is 2. The highest BCUT2D eigenvalue weighted by Gasteiger charge is 2.36. The number of nitrogens with zero attached hydrogens (tertiary/aromatic N) is 3. The number of carbonyl (C=O) groups is 1. The van der Waals surface area contributed by atoms with Crippen molar-refractivity contribution in [2.24, 2.45) is 0 Å². The zero-order valence-corrected chi connectivity index (χ0v) is 13.9. The molecule has 5 nitrogen and oxygen atoms in total. The number of halogens is 1. The van der Waals surface area contributed by atoms with Crippen LogP contribution in [0.5, 0.6) is 0 Å². The lowest BCUT2D eigenvalue weighted by Gasteiger charge is -2.31. The number of anilines is 2. The summed E-state index contributed by atoms with van der Waals surface area (Å²) in [5, 5.41) is 0. The van der Waals surface area contributed by atoms with Crippen LogP contribution >= 0.6 is 0 Å². The van der Waals surface area contributed by atoms with Crippen LogP contribution in [0, 0.1) is 5.82 Å². The van der Waals surface area contributed by atoms with Crippen LogP contribution in [-0.2, 0) is 22.5 Å². The summed E-state index contributed by atoms with van der Waals surface area (Å²) in [6.07, 6.45) is 5.28. The molecule has 0 aliphatic carbocycles. The Bertz CT molecular complexity index is 930. The molecule has 0 saturated heterocycles. The zero-order chi connectivity index (χ0) is 17.4. The molecular weight excluding hydrogens is 341 g/mol. The van der Waals surface area contributed by atoms with E-state index in [2.05, 4.69) is 4.98 Å². The SMILES string of the molecule is O=C(CCn1ccnc1)N1c2ccccc2[S+]([O-])c2ccc(F)cc21. The Balaban J connectivity index is 1.74. The summed E-state index contributed by atoms with van der Waals surface area (Å²) >= 11 is -1.44. The first-order valence-corrected chi connectivity index (χ1v) is 8.89. The monoisotopic (exact) mass is 355 g/mol. The van der Waals surface area contributed by atoms with Gasteiger partial charge in [0.1, 0.15) is 17.2 Å². The van der Waals surface area contributed by atoms with Gasteiger partial charge in [-0.1, -0.05) is 12.1 Å². The first-order valence-electron chi connectivity index (χ1n) is 7.74. The predicted octanol–water partition coefficient (Wildman–Crippen LogP) is 3.26. The second-order valence-corrected chi connectivity index (χ2v) is 7.05. The second kappa shape index (κ2) is 6.34. The fourth-order valence-electron chi connectivity index (χ4n) is 2.89. The first-order chi connectivity index (χ1) is 12.1. The molecule has 1 aromatic heterocycles. The minimum Gasteiger partial charge on any atom is -0.606 e. The predicted molar refractivity (Wildman–Crippen MR) is 91.5 cm³/mol. The lowest BCUT2D eigenvalue weighted by molar-refractivity contribution is -0.118. The molecule has 0 spiro atoms. The van der Waals surface area contributed by atoms with Crippen molar-refractivity contribution in [1.29, 1.82) is 0 Å². The Labute approximate surface area is 146 Å². The Hall–Kier alpha value is -2.64. The summed E-state index contributed by atoms with van der Waals surface area (Å²) in [5.74, 6) is -0.660. The number of aryl methyl sites for hydroxylation is 1. The summed E-state index contributed by atoms with van der Waals surface area (Å²) in [7, 11) is 0. The van der Waals surface area contributed by atoms with E-state index in [1.54, 1.807) is 47.6 Å². The van der Waals surface area contributed by atoms with Crippen molar-refractivity contribution >= 4 is 28.5 Å². The molecule has 0 saturated carbocycles. The molecule has 4 rings (SSSR count). The van der Waals surface area contributed by atoms with Gasteiger partial charge in [-0.25, -0.2) is 9.37 Å². The maximum absolute atomic E-state index is 13.8. The largest absolute Gasteiger partial charge is 0.606 e. The van der Waals surface area contributed by atoms with Crippen LogP contribution in [0.1, 0.15) is 6.42 Å². The molecular formula is C18H14FN3O2S. The van der Waals surface area contributed by atoms with Crippen molar-refractivity contribution in [1.82, 2.24) is 9.55 Å². The van der Waals surface area contributed by atoms with Crippen LogP contribution in [0.25, 0.3) is 0 Å². The Morgan fingerprint density at radius 1 is 1.16 bits per heavy atom. The van der Waals surface area contributed by atoms with Crippen LogP contribution in [-0.4, -0.2) is 20.0 Å². The Kier molecular flexibility index (Phi) is 4.03. The minimum absolute atomic E-state index is 0.190. The first kappa shape index (κ1) is 15.9. The van der Waals surface area contributed by atoms with E-state index in [-0.39, 0.29) is 12.3 Å². The molecule has 1 amide bonds. The highest BCUT2D eigenvalue weighted by molar-refractivity contribution is 7.92. The number of carbonyl (C=O) groups excluding carboxylic acids is 1. The van der Waals surface area contributed by atoms with E-state index in [0.29, 0.717) is 27.7 Å². The number of benzene rings is 2. The molecule has 0 radical (unpaired) electrons. The fraction of sp³-hybridized carbons (Fsp3) is 0.111. The topological polar surface area (TPSA) is 61.2 Å². The Morgan fingerprint density at radius 2 is 1.96 bits per heavy atom. The highest BCUT2D eigenvalue weighted by atomic mass is 32.2.